The third-order valence-electron chi connectivity index (χ3n) is 5.81. The maximum Gasteiger partial charge on any atom is 0.258 e. The molecule has 0 spiro atoms. The number of amides is 2. The molecule has 4 rings (SSSR count). The average molecular weight is 464 g/mol. The summed E-state index contributed by atoms with van der Waals surface area (Å²) >= 11 is 12.0. The zero-order chi connectivity index (χ0) is 22.1. The fourth-order valence-corrected chi connectivity index (χ4v) is 4.69. The minimum absolute atomic E-state index is 0.137. The molecule has 1 aromatic heterocycles. The van der Waals surface area contributed by atoms with Crippen molar-refractivity contribution in [3.8, 4) is 0 Å². The van der Waals surface area contributed by atoms with E-state index in [1.807, 2.05) is 0 Å². The molecule has 1 aromatic carbocycles. The molecule has 1 fully saturated rings. The molecule has 1 saturated heterocycles. The zero-order valence-corrected chi connectivity index (χ0v) is 18.5. The number of benzene rings is 1. The Hall–Kier alpha value is -2.58. The number of fused-ring (bicyclic) bond motifs is 1. The summed E-state index contributed by atoms with van der Waals surface area (Å²) in [6.07, 6.45) is 3.94. The third-order valence-corrected chi connectivity index (χ3v) is 6.36. The number of hydrogen-bond acceptors (Lipinski definition) is 5. The molecule has 2 aliphatic heterocycles. The Morgan fingerprint density at radius 3 is 2.84 bits per heavy atom. The molecule has 8 nitrogen and oxygen atoms in total. The van der Waals surface area contributed by atoms with Crippen LogP contribution in [0.2, 0.25) is 10.0 Å². The van der Waals surface area contributed by atoms with E-state index in [-0.39, 0.29) is 34.8 Å². The molecule has 0 saturated carbocycles. The van der Waals surface area contributed by atoms with E-state index in [2.05, 4.69) is 32.4 Å². The second kappa shape index (κ2) is 8.88. The molecule has 0 radical (unpaired) electrons. The first-order valence-electron chi connectivity index (χ1n) is 10.3. The maximum atomic E-state index is 13.0. The van der Waals surface area contributed by atoms with Crippen molar-refractivity contribution in [2.24, 2.45) is 0 Å². The van der Waals surface area contributed by atoms with Gasteiger partial charge in [0.05, 0.1) is 22.2 Å². The second-order valence-electron chi connectivity index (χ2n) is 7.82. The Balaban J connectivity index is 1.66. The van der Waals surface area contributed by atoms with Crippen LogP contribution in [0, 0.1) is 0 Å². The van der Waals surface area contributed by atoms with E-state index in [0.29, 0.717) is 16.7 Å². The Labute approximate surface area is 189 Å². The lowest BCUT2D eigenvalue weighted by atomic mass is 9.92. The van der Waals surface area contributed by atoms with Crippen molar-refractivity contribution in [2.75, 3.05) is 22.1 Å². The lowest BCUT2D eigenvalue weighted by Gasteiger charge is -2.36. The molecule has 3 heterocycles. The first-order valence-corrected chi connectivity index (χ1v) is 11.1. The maximum absolute atomic E-state index is 13.0. The summed E-state index contributed by atoms with van der Waals surface area (Å²) in [7, 11) is 0. The van der Waals surface area contributed by atoms with Crippen molar-refractivity contribution in [3.05, 3.63) is 44.2 Å². The van der Waals surface area contributed by atoms with Gasteiger partial charge in [-0.15, -0.1) is 0 Å². The van der Waals surface area contributed by atoms with Gasteiger partial charge in [-0.05, 0) is 43.9 Å². The van der Waals surface area contributed by atoms with Gasteiger partial charge in [0, 0.05) is 24.0 Å². The van der Waals surface area contributed by atoms with Crippen LogP contribution >= 0.6 is 23.2 Å². The summed E-state index contributed by atoms with van der Waals surface area (Å²) in [6.45, 7) is 2.89. The number of H-pyrrole nitrogens is 1. The number of hydrogen-bond donors (Lipinski definition) is 3. The SMILES string of the molecule is CC[C@@H]1CCCCN1c1nc2c(c(=O)[nH]1)[C@@H](C(=O)Nc1ccc(Cl)cc1Cl)CC(=O)N2. The number of aromatic nitrogens is 2. The number of rotatable bonds is 4. The van der Waals surface area contributed by atoms with E-state index in [1.54, 1.807) is 12.1 Å². The number of anilines is 3. The van der Waals surface area contributed by atoms with E-state index in [4.69, 9.17) is 23.2 Å². The minimum Gasteiger partial charge on any atom is -0.339 e. The van der Waals surface area contributed by atoms with Crippen molar-refractivity contribution in [2.45, 2.75) is 51.0 Å². The highest BCUT2D eigenvalue weighted by Gasteiger charge is 2.36. The van der Waals surface area contributed by atoms with Gasteiger partial charge in [0.15, 0.2) is 0 Å². The van der Waals surface area contributed by atoms with Crippen LogP contribution in [0.5, 0.6) is 0 Å². The molecule has 2 aliphatic rings. The van der Waals surface area contributed by atoms with Gasteiger partial charge in [0.1, 0.15) is 5.82 Å². The molecule has 3 N–H and O–H groups in total. The average Bonchev–Trinajstić information content (AvgIpc) is 2.74. The van der Waals surface area contributed by atoms with Crippen molar-refractivity contribution in [3.63, 3.8) is 0 Å². The topological polar surface area (TPSA) is 107 Å². The minimum atomic E-state index is -0.982. The fourth-order valence-electron chi connectivity index (χ4n) is 4.23. The van der Waals surface area contributed by atoms with Gasteiger partial charge in [-0.1, -0.05) is 30.1 Å². The van der Waals surface area contributed by atoms with Gasteiger partial charge < -0.3 is 15.5 Å². The van der Waals surface area contributed by atoms with Crippen LogP contribution in [0.25, 0.3) is 0 Å². The van der Waals surface area contributed by atoms with E-state index in [9.17, 15) is 14.4 Å². The zero-order valence-electron chi connectivity index (χ0n) is 17.0. The predicted octanol–water partition coefficient (Wildman–Crippen LogP) is 3.91. The Morgan fingerprint density at radius 1 is 1.29 bits per heavy atom. The Bertz CT molecular complexity index is 1090. The normalized spacial score (nSPS) is 20.7. The lowest BCUT2D eigenvalue weighted by molar-refractivity contribution is -0.123. The molecule has 164 valence electrons. The van der Waals surface area contributed by atoms with Crippen LogP contribution in [0.3, 0.4) is 0 Å². The summed E-state index contributed by atoms with van der Waals surface area (Å²) in [4.78, 5) is 47.8. The summed E-state index contributed by atoms with van der Waals surface area (Å²) in [6, 6.07) is 4.94. The van der Waals surface area contributed by atoms with E-state index < -0.39 is 17.4 Å². The van der Waals surface area contributed by atoms with Crippen LogP contribution in [-0.4, -0.2) is 34.4 Å². The van der Waals surface area contributed by atoms with Crippen molar-refractivity contribution < 1.29 is 9.59 Å². The highest BCUT2D eigenvalue weighted by molar-refractivity contribution is 6.36. The smallest absolute Gasteiger partial charge is 0.258 e. The number of halogens is 2. The standard InChI is InChI=1S/C21H23Cl2N5O3/c1-2-12-5-3-4-8-28(12)21-26-18-17(20(31)27-21)13(10-16(29)25-18)19(30)24-15-7-6-11(22)9-14(15)23/h6-7,9,12-13H,2-5,8,10H2,1H3,(H,24,30)(H2,25,26,27,29,31)/t12-,13+/m1/s1. The van der Waals surface area contributed by atoms with Crippen molar-refractivity contribution in [1.82, 2.24) is 9.97 Å². The molecule has 2 atom stereocenters. The van der Waals surface area contributed by atoms with Crippen molar-refractivity contribution >= 4 is 52.5 Å². The molecule has 0 aliphatic carbocycles. The summed E-state index contributed by atoms with van der Waals surface area (Å²) in [5, 5.41) is 6.05. The predicted molar refractivity (Wildman–Crippen MR) is 121 cm³/mol. The van der Waals surface area contributed by atoms with Crippen LogP contribution in [-0.2, 0) is 9.59 Å². The number of carbonyl (C=O) groups is 2. The number of aromatic amines is 1. The molecular weight excluding hydrogens is 441 g/mol. The highest BCUT2D eigenvalue weighted by atomic mass is 35.5. The van der Waals surface area contributed by atoms with Crippen LogP contribution in [0.1, 0.15) is 50.5 Å². The Morgan fingerprint density at radius 2 is 2.10 bits per heavy atom. The first-order chi connectivity index (χ1) is 14.9. The molecule has 2 aromatic rings. The third kappa shape index (κ3) is 4.41. The quantitative estimate of drug-likeness (QED) is 0.636. The monoisotopic (exact) mass is 463 g/mol. The number of nitrogens with zero attached hydrogens (tertiary/aromatic N) is 2. The number of carbonyl (C=O) groups excluding carboxylic acids is 2. The van der Waals surface area contributed by atoms with Gasteiger partial charge in [0.25, 0.3) is 5.56 Å². The van der Waals surface area contributed by atoms with E-state index in [0.717, 1.165) is 32.2 Å². The van der Waals surface area contributed by atoms with Crippen LogP contribution < -0.4 is 21.1 Å². The molecule has 0 bridgehead atoms. The van der Waals surface area contributed by atoms with E-state index in [1.165, 1.54) is 6.07 Å². The molecule has 10 heteroatoms. The summed E-state index contributed by atoms with van der Waals surface area (Å²) in [5.41, 5.74) is 0.0717. The largest absolute Gasteiger partial charge is 0.339 e. The second-order valence-corrected chi connectivity index (χ2v) is 8.67. The molecule has 31 heavy (non-hydrogen) atoms. The highest BCUT2D eigenvalue weighted by Crippen LogP contribution is 2.33. The van der Waals surface area contributed by atoms with Gasteiger partial charge in [-0.3, -0.25) is 19.4 Å². The molecule has 0 unspecified atom stereocenters. The number of piperidine rings is 1. The summed E-state index contributed by atoms with van der Waals surface area (Å²) < 4.78 is 0. The number of nitrogens with one attached hydrogen (secondary N) is 3. The molecular formula is C21H23Cl2N5O3. The fraction of sp³-hybridized carbons (Fsp3) is 0.429. The van der Waals surface area contributed by atoms with Gasteiger partial charge in [0.2, 0.25) is 17.8 Å². The molecule has 2 amide bonds. The summed E-state index contributed by atoms with van der Waals surface area (Å²) in [5.74, 6) is -1.30. The van der Waals surface area contributed by atoms with Gasteiger partial charge in [-0.2, -0.15) is 4.98 Å². The van der Waals surface area contributed by atoms with Crippen molar-refractivity contribution in [1.29, 1.82) is 0 Å². The Kier molecular flexibility index (Phi) is 6.20. The van der Waals surface area contributed by atoms with Gasteiger partial charge >= 0.3 is 0 Å². The van der Waals surface area contributed by atoms with Crippen LogP contribution in [0.4, 0.5) is 17.5 Å². The van der Waals surface area contributed by atoms with Crippen LogP contribution in [0.15, 0.2) is 23.0 Å². The van der Waals surface area contributed by atoms with E-state index >= 15 is 0 Å². The van der Waals surface area contributed by atoms with Gasteiger partial charge in [-0.25, -0.2) is 0 Å². The first kappa shape index (κ1) is 21.6. The lowest BCUT2D eigenvalue weighted by Crippen LogP contribution is -2.43.